The summed E-state index contributed by atoms with van der Waals surface area (Å²) in [6, 6.07) is 71.7. The topological polar surface area (TPSA) is 129 Å². The number of aromatic nitrogens is 10. The molecule has 10 heteroatoms. The van der Waals surface area contributed by atoms with Crippen molar-refractivity contribution in [2.75, 3.05) is 0 Å². The molecule has 0 radical (unpaired) electrons. The van der Waals surface area contributed by atoms with Crippen LogP contribution in [0.25, 0.3) is 113 Å². The molecule has 2 atom stereocenters. The zero-order chi connectivity index (χ0) is 50.1. The van der Waals surface area contributed by atoms with Gasteiger partial charge in [-0.05, 0) is 104 Å². The summed E-state index contributed by atoms with van der Waals surface area (Å²) in [4.78, 5) is 49.2. The van der Waals surface area contributed by atoms with Gasteiger partial charge in [0.05, 0.1) is 22.1 Å². The third-order valence-electron chi connectivity index (χ3n) is 14.7. The zero-order valence-electron chi connectivity index (χ0n) is 40.6. The van der Waals surface area contributed by atoms with Crippen LogP contribution in [0.15, 0.2) is 231 Å². The van der Waals surface area contributed by atoms with Crippen molar-refractivity contribution < 1.29 is 0 Å². The molecule has 76 heavy (non-hydrogen) atoms. The van der Waals surface area contributed by atoms with Crippen molar-refractivity contribution in [1.82, 2.24) is 49.8 Å². The van der Waals surface area contributed by atoms with Crippen molar-refractivity contribution in [1.29, 1.82) is 0 Å². The highest BCUT2D eigenvalue weighted by atomic mass is 15.0. The van der Waals surface area contributed by atoms with Crippen molar-refractivity contribution in [2.45, 2.75) is 11.8 Å². The van der Waals surface area contributed by atoms with Gasteiger partial charge in [0.1, 0.15) is 0 Å². The Balaban J connectivity index is 0.825. The van der Waals surface area contributed by atoms with Crippen LogP contribution >= 0.6 is 0 Å². The minimum atomic E-state index is -0.0175. The summed E-state index contributed by atoms with van der Waals surface area (Å²) in [7, 11) is 0. The van der Waals surface area contributed by atoms with E-state index in [1.807, 2.05) is 72.8 Å². The maximum atomic E-state index is 5.25. The molecular formula is C66H40N10. The fraction of sp³-hybridized carbons (Fsp3) is 0.0303. The smallest absolute Gasteiger partial charge is 0.164 e. The van der Waals surface area contributed by atoms with Crippen molar-refractivity contribution in [3.63, 3.8) is 0 Å². The van der Waals surface area contributed by atoms with Crippen molar-refractivity contribution in [3.8, 4) is 90.6 Å². The molecule has 0 saturated carbocycles. The number of hydrogen-bond acceptors (Lipinski definition) is 10. The predicted octanol–water partition coefficient (Wildman–Crippen LogP) is 14.3. The molecule has 4 aromatic heterocycles. The molecule has 13 aromatic rings. The summed E-state index contributed by atoms with van der Waals surface area (Å²) < 4.78 is 0. The summed E-state index contributed by atoms with van der Waals surface area (Å²) in [5, 5.41) is 0. The SMILES string of the molecule is c1ccc(-c2nc(-c3cccc(-c4ccc5nccnc5c4)c3)nc(-c3ccc4c(c3)C3c5ccccc5C4c4cc(-c5nc(-c6ccccc6)nc(-c6cccc(-c7ccc8nccnc8c7)c6)n5)ccc43)n2)cc1. The summed E-state index contributed by atoms with van der Waals surface area (Å²) in [6.45, 7) is 0. The van der Waals surface area contributed by atoms with Gasteiger partial charge in [-0.15, -0.1) is 0 Å². The Morgan fingerprint density at radius 1 is 0.197 bits per heavy atom. The average molecular weight is 973 g/mol. The highest BCUT2D eigenvalue weighted by molar-refractivity contribution is 5.84. The molecule has 0 fully saturated rings. The molecule has 16 rings (SSSR count). The fourth-order valence-corrected chi connectivity index (χ4v) is 11.2. The van der Waals surface area contributed by atoms with E-state index < -0.39 is 0 Å². The average Bonchev–Trinajstić information content (AvgIpc) is 3.56. The lowest BCUT2D eigenvalue weighted by atomic mass is 9.61. The Kier molecular flexibility index (Phi) is 10.1. The lowest BCUT2D eigenvalue weighted by molar-refractivity contribution is 0.754. The highest BCUT2D eigenvalue weighted by Gasteiger charge is 2.41. The second-order valence-electron chi connectivity index (χ2n) is 19.2. The number of benzene rings is 9. The molecule has 2 bridgehead atoms. The molecule has 2 unspecified atom stereocenters. The molecule has 0 amide bonds. The molecule has 0 N–H and O–H groups in total. The first-order valence-corrected chi connectivity index (χ1v) is 25.3. The molecule has 354 valence electrons. The molecule has 9 aromatic carbocycles. The van der Waals surface area contributed by atoms with E-state index in [0.29, 0.717) is 34.9 Å². The molecule has 0 aliphatic heterocycles. The lowest BCUT2D eigenvalue weighted by Gasteiger charge is -2.42. The minimum Gasteiger partial charge on any atom is -0.253 e. The van der Waals surface area contributed by atoms with Crippen molar-refractivity contribution >= 4 is 22.1 Å². The van der Waals surface area contributed by atoms with Gasteiger partial charge in [0.2, 0.25) is 0 Å². The van der Waals surface area contributed by atoms with E-state index in [9.17, 15) is 0 Å². The maximum absolute atomic E-state index is 5.25. The van der Waals surface area contributed by atoms with Gasteiger partial charge in [-0.25, -0.2) is 29.9 Å². The Labute approximate surface area is 436 Å². The van der Waals surface area contributed by atoms with E-state index in [1.54, 1.807) is 24.8 Å². The van der Waals surface area contributed by atoms with Gasteiger partial charge in [0.15, 0.2) is 34.9 Å². The Hall–Kier alpha value is -10.3. The Morgan fingerprint density at radius 3 is 0.921 bits per heavy atom. The van der Waals surface area contributed by atoms with Crippen LogP contribution < -0.4 is 0 Å². The van der Waals surface area contributed by atoms with Gasteiger partial charge in [0.25, 0.3) is 0 Å². The van der Waals surface area contributed by atoms with Gasteiger partial charge in [-0.3, -0.25) is 19.9 Å². The van der Waals surface area contributed by atoms with Crippen LogP contribution in [0.5, 0.6) is 0 Å². The van der Waals surface area contributed by atoms with Gasteiger partial charge >= 0.3 is 0 Å². The normalized spacial score (nSPS) is 14.1. The second kappa shape index (κ2) is 17.7. The van der Waals surface area contributed by atoms with Crippen LogP contribution in [0.3, 0.4) is 0 Å². The first kappa shape index (κ1) is 43.3. The van der Waals surface area contributed by atoms with Gasteiger partial charge in [-0.1, -0.05) is 158 Å². The van der Waals surface area contributed by atoms with E-state index in [1.165, 1.54) is 33.4 Å². The van der Waals surface area contributed by atoms with E-state index >= 15 is 0 Å². The monoisotopic (exact) mass is 972 g/mol. The summed E-state index contributed by atoms with van der Waals surface area (Å²) in [6.07, 6.45) is 6.88. The zero-order valence-corrected chi connectivity index (χ0v) is 40.6. The van der Waals surface area contributed by atoms with Crippen LogP contribution in [0.2, 0.25) is 0 Å². The fourth-order valence-electron chi connectivity index (χ4n) is 11.2. The summed E-state index contributed by atoms with van der Waals surface area (Å²) >= 11 is 0. The van der Waals surface area contributed by atoms with E-state index in [2.05, 4.69) is 153 Å². The van der Waals surface area contributed by atoms with Gasteiger partial charge < -0.3 is 0 Å². The van der Waals surface area contributed by atoms with Crippen LogP contribution in [-0.4, -0.2) is 49.8 Å². The van der Waals surface area contributed by atoms with Crippen LogP contribution in [0.4, 0.5) is 0 Å². The summed E-state index contributed by atoms with van der Waals surface area (Å²) in [5.74, 6) is 3.60. The first-order chi connectivity index (χ1) is 37.6. The molecule has 0 spiro atoms. The summed E-state index contributed by atoms with van der Waals surface area (Å²) in [5.41, 5.74) is 20.6. The Bertz CT molecular complexity index is 4160. The molecular weight excluding hydrogens is 933 g/mol. The number of rotatable bonds is 8. The number of hydrogen-bond donors (Lipinski definition) is 0. The van der Waals surface area contributed by atoms with E-state index in [0.717, 1.165) is 77.7 Å². The molecule has 10 nitrogen and oxygen atoms in total. The maximum Gasteiger partial charge on any atom is 0.164 e. The second-order valence-corrected chi connectivity index (χ2v) is 19.2. The number of nitrogens with zero attached hydrogens (tertiary/aromatic N) is 10. The highest BCUT2D eigenvalue weighted by Crippen LogP contribution is 2.56. The quantitative estimate of drug-likeness (QED) is 0.145. The molecule has 3 aliphatic carbocycles. The lowest BCUT2D eigenvalue weighted by Crippen LogP contribution is -2.27. The van der Waals surface area contributed by atoms with Crippen molar-refractivity contribution in [3.05, 3.63) is 264 Å². The minimum absolute atomic E-state index is 0.0175. The van der Waals surface area contributed by atoms with Crippen LogP contribution in [0.1, 0.15) is 45.2 Å². The molecule has 4 heterocycles. The third kappa shape index (κ3) is 7.50. The van der Waals surface area contributed by atoms with Crippen LogP contribution in [0, 0.1) is 0 Å². The Morgan fingerprint density at radius 2 is 0.500 bits per heavy atom. The molecule has 0 saturated heterocycles. The predicted molar refractivity (Wildman–Crippen MR) is 298 cm³/mol. The van der Waals surface area contributed by atoms with Crippen LogP contribution in [-0.2, 0) is 0 Å². The first-order valence-electron chi connectivity index (χ1n) is 25.3. The number of fused-ring (bicyclic) bond motifs is 2. The van der Waals surface area contributed by atoms with Gasteiger partial charge in [-0.2, -0.15) is 0 Å². The van der Waals surface area contributed by atoms with E-state index in [-0.39, 0.29) is 11.8 Å². The standard InChI is InChI=1S/C66H40N10/c1-3-11-39(12-4-1)61-71-63(45-17-9-15-41(33-45)43-23-27-55-57(37-43)69-31-29-67-55)75-65(73-61)47-21-25-51-53(35-47)59-49-19-7-8-20-50(49)60(51)54-36-48(22-26-52(54)59)66-74-62(40-13-5-2-6-14-40)72-64(76-66)46-18-10-16-42(34-46)44-24-28-56-58(38-44)70-32-30-68-56/h1-38,59-60H. The van der Waals surface area contributed by atoms with Crippen molar-refractivity contribution in [2.24, 2.45) is 0 Å². The van der Waals surface area contributed by atoms with Gasteiger partial charge in [0, 0.05) is 70.0 Å². The van der Waals surface area contributed by atoms with E-state index in [4.69, 9.17) is 29.9 Å². The molecule has 3 aliphatic rings. The third-order valence-corrected chi connectivity index (χ3v) is 14.7. The largest absolute Gasteiger partial charge is 0.253 e.